The lowest BCUT2D eigenvalue weighted by molar-refractivity contribution is -0.156. The molecule has 0 spiro atoms. The topological polar surface area (TPSA) is 26.3 Å². The first-order valence-electron chi connectivity index (χ1n) is 8.31. The highest BCUT2D eigenvalue weighted by molar-refractivity contribution is 9.12. The Kier molecular flexibility index (Phi) is 4.69. The number of rotatable bonds is 4. The van der Waals surface area contributed by atoms with Crippen LogP contribution >= 0.6 is 31.9 Å². The molecule has 2 aliphatic carbocycles. The fourth-order valence-corrected chi connectivity index (χ4v) is 5.37. The molecule has 4 heteroatoms. The highest BCUT2D eigenvalue weighted by Crippen LogP contribution is 2.66. The van der Waals surface area contributed by atoms with Gasteiger partial charge in [0.05, 0.1) is 4.83 Å². The Morgan fingerprint density at radius 2 is 1.87 bits per heavy atom. The van der Waals surface area contributed by atoms with Crippen LogP contribution in [0.1, 0.15) is 50.4 Å². The normalized spacial score (nSPS) is 34.1. The van der Waals surface area contributed by atoms with Crippen molar-refractivity contribution in [1.29, 1.82) is 0 Å². The van der Waals surface area contributed by atoms with Crippen LogP contribution in [0.15, 0.2) is 30.3 Å². The fraction of sp³-hybridized carbons (Fsp3) is 0.632. The minimum Gasteiger partial charge on any atom is -0.461 e. The molecule has 126 valence electrons. The SMILES string of the molecule is CC1(C)C2CCC1(C)C(OC(=O)C(Br)C(Br)c1ccccc1)C2. The van der Waals surface area contributed by atoms with E-state index in [1.807, 2.05) is 30.3 Å². The number of carbonyl (C=O) groups is 1. The zero-order chi connectivity index (χ0) is 16.8. The number of hydrogen-bond donors (Lipinski definition) is 0. The third-order valence-corrected chi connectivity index (χ3v) is 9.24. The average molecular weight is 444 g/mol. The third kappa shape index (κ3) is 2.80. The Balaban J connectivity index is 1.68. The van der Waals surface area contributed by atoms with Gasteiger partial charge in [0, 0.05) is 5.41 Å². The largest absolute Gasteiger partial charge is 0.461 e. The molecule has 0 amide bonds. The molecule has 0 radical (unpaired) electrons. The molecule has 2 saturated carbocycles. The summed E-state index contributed by atoms with van der Waals surface area (Å²) >= 11 is 7.16. The molecule has 1 aromatic carbocycles. The molecule has 0 N–H and O–H groups in total. The van der Waals surface area contributed by atoms with Crippen LogP contribution in [0.25, 0.3) is 0 Å². The summed E-state index contributed by atoms with van der Waals surface area (Å²) in [5, 5.41) is 0. The number of alkyl halides is 2. The maximum Gasteiger partial charge on any atom is 0.321 e. The Hall–Kier alpha value is -0.350. The van der Waals surface area contributed by atoms with Gasteiger partial charge in [-0.05, 0) is 36.2 Å². The van der Waals surface area contributed by atoms with Gasteiger partial charge < -0.3 is 4.74 Å². The second kappa shape index (κ2) is 6.18. The molecule has 0 aliphatic heterocycles. The summed E-state index contributed by atoms with van der Waals surface area (Å²) in [7, 11) is 0. The predicted molar refractivity (Wildman–Crippen MR) is 99.9 cm³/mol. The lowest BCUT2D eigenvalue weighted by Crippen LogP contribution is -2.40. The molecule has 1 aromatic rings. The van der Waals surface area contributed by atoms with Crippen LogP contribution < -0.4 is 0 Å². The van der Waals surface area contributed by atoms with Crippen LogP contribution in [0, 0.1) is 16.7 Å². The molecule has 2 bridgehead atoms. The van der Waals surface area contributed by atoms with Gasteiger partial charge in [0.15, 0.2) is 0 Å². The minimum absolute atomic E-state index is 0.0410. The number of halogens is 2. The zero-order valence-corrected chi connectivity index (χ0v) is 17.1. The van der Waals surface area contributed by atoms with E-state index in [1.54, 1.807) is 0 Å². The molecule has 0 saturated heterocycles. The summed E-state index contributed by atoms with van der Waals surface area (Å²) in [4.78, 5) is 12.2. The number of carbonyl (C=O) groups excluding carboxylic acids is 1. The monoisotopic (exact) mass is 442 g/mol. The predicted octanol–water partition coefficient (Wildman–Crippen LogP) is 5.64. The summed E-state index contributed by atoms with van der Waals surface area (Å²) in [5.74, 6) is 0.512. The van der Waals surface area contributed by atoms with Gasteiger partial charge in [0.1, 0.15) is 10.9 Å². The van der Waals surface area contributed by atoms with Crippen molar-refractivity contribution in [3.63, 3.8) is 0 Å². The molecule has 2 nitrogen and oxygen atoms in total. The van der Waals surface area contributed by atoms with Gasteiger partial charge in [0.2, 0.25) is 0 Å². The first-order valence-corrected chi connectivity index (χ1v) is 10.1. The van der Waals surface area contributed by atoms with Crippen LogP contribution in [0.5, 0.6) is 0 Å². The Bertz CT molecular complexity index is 586. The van der Waals surface area contributed by atoms with Gasteiger partial charge in [0.25, 0.3) is 0 Å². The van der Waals surface area contributed by atoms with E-state index in [4.69, 9.17) is 4.74 Å². The summed E-state index contributed by atoms with van der Waals surface area (Å²) in [6.07, 6.45) is 3.47. The molecule has 2 fully saturated rings. The van der Waals surface area contributed by atoms with E-state index >= 15 is 0 Å². The van der Waals surface area contributed by atoms with E-state index < -0.39 is 0 Å². The lowest BCUT2D eigenvalue weighted by atomic mass is 9.70. The van der Waals surface area contributed by atoms with Crippen molar-refractivity contribution in [2.45, 2.75) is 55.8 Å². The summed E-state index contributed by atoms with van der Waals surface area (Å²) in [6, 6.07) is 9.97. The highest BCUT2D eigenvalue weighted by atomic mass is 79.9. The summed E-state index contributed by atoms with van der Waals surface area (Å²) in [6.45, 7) is 6.97. The third-order valence-electron chi connectivity index (χ3n) is 6.57. The van der Waals surface area contributed by atoms with Crippen molar-refractivity contribution >= 4 is 37.8 Å². The van der Waals surface area contributed by atoms with Crippen LogP contribution in [0.4, 0.5) is 0 Å². The molecule has 3 rings (SSSR count). The Morgan fingerprint density at radius 1 is 1.22 bits per heavy atom. The molecular weight excluding hydrogens is 420 g/mol. The fourth-order valence-electron chi connectivity index (χ4n) is 4.44. The van der Waals surface area contributed by atoms with Gasteiger partial charge >= 0.3 is 5.97 Å². The van der Waals surface area contributed by atoms with Crippen molar-refractivity contribution in [3.05, 3.63) is 35.9 Å². The smallest absolute Gasteiger partial charge is 0.321 e. The maximum atomic E-state index is 12.6. The van der Waals surface area contributed by atoms with Crippen LogP contribution in [0.3, 0.4) is 0 Å². The van der Waals surface area contributed by atoms with Crippen molar-refractivity contribution in [2.24, 2.45) is 16.7 Å². The van der Waals surface area contributed by atoms with Crippen molar-refractivity contribution in [2.75, 3.05) is 0 Å². The van der Waals surface area contributed by atoms with Gasteiger partial charge in [-0.1, -0.05) is 83.0 Å². The van der Waals surface area contributed by atoms with E-state index in [1.165, 1.54) is 6.42 Å². The quantitative estimate of drug-likeness (QED) is 0.444. The molecule has 23 heavy (non-hydrogen) atoms. The zero-order valence-electron chi connectivity index (χ0n) is 13.9. The molecule has 0 heterocycles. The second-order valence-corrected chi connectivity index (χ2v) is 9.72. The van der Waals surface area contributed by atoms with E-state index in [-0.39, 0.29) is 32.6 Å². The lowest BCUT2D eigenvalue weighted by Gasteiger charge is -2.38. The number of esters is 1. The molecule has 5 atom stereocenters. The van der Waals surface area contributed by atoms with E-state index in [9.17, 15) is 4.79 Å². The number of ether oxygens (including phenoxy) is 1. The minimum atomic E-state index is -0.379. The van der Waals surface area contributed by atoms with Crippen molar-refractivity contribution < 1.29 is 9.53 Å². The van der Waals surface area contributed by atoms with E-state index in [2.05, 4.69) is 52.6 Å². The number of fused-ring (bicyclic) bond motifs is 2. The van der Waals surface area contributed by atoms with E-state index in [0.29, 0.717) is 5.92 Å². The molecule has 2 aliphatic rings. The van der Waals surface area contributed by atoms with Crippen molar-refractivity contribution in [1.82, 2.24) is 0 Å². The first kappa shape index (κ1) is 17.5. The van der Waals surface area contributed by atoms with Gasteiger partial charge in [-0.25, -0.2) is 0 Å². The standard InChI is InChI=1S/C19H24Br2O2/c1-18(2)13-9-10-19(18,3)14(11-13)23-17(22)16(21)15(20)12-7-5-4-6-8-12/h4-8,13-16H,9-11H2,1-3H3. The average Bonchev–Trinajstić information content (AvgIpc) is 2.87. The second-order valence-electron chi connectivity index (χ2n) is 7.75. The molecular formula is C19H24Br2O2. The highest BCUT2D eigenvalue weighted by Gasteiger charge is 2.63. The first-order chi connectivity index (χ1) is 10.8. The number of hydrogen-bond acceptors (Lipinski definition) is 2. The maximum absolute atomic E-state index is 12.6. The summed E-state index contributed by atoms with van der Waals surface area (Å²) < 4.78 is 5.97. The summed E-state index contributed by atoms with van der Waals surface area (Å²) in [5.41, 5.74) is 1.44. The molecule has 5 unspecified atom stereocenters. The van der Waals surface area contributed by atoms with Gasteiger partial charge in [-0.15, -0.1) is 0 Å². The Labute approximate surface area is 155 Å². The Morgan fingerprint density at radius 3 is 2.39 bits per heavy atom. The number of benzene rings is 1. The van der Waals surface area contributed by atoms with Crippen LogP contribution in [-0.4, -0.2) is 16.9 Å². The van der Waals surface area contributed by atoms with Gasteiger partial charge in [-0.3, -0.25) is 4.79 Å². The molecule has 0 aromatic heterocycles. The van der Waals surface area contributed by atoms with Crippen LogP contribution in [-0.2, 0) is 9.53 Å². The van der Waals surface area contributed by atoms with E-state index in [0.717, 1.165) is 18.4 Å². The van der Waals surface area contributed by atoms with Crippen LogP contribution in [0.2, 0.25) is 0 Å². The van der Waals surface area contributed by atoms with Gasteiger partial charge in [-0.2, -0.15) is 0 Å². The van der Waals surface area contributed by atoms with Crippen molar-refractivity contribution in [3.8, 4) is 0 Å².